The highest BCUT2D eigenvalue weighted by Gasteiger charge is 2.28. The van der Waals surface area contributed by atoms with Gasteiger partial charge in [0.05, 0.1) is 0 Å². The molecule has 0 fully saturated rings. The largest absolute Gasteiger partial charge is 0.484 e. The summed E-state index contributed by atoms with van der Waals surface area (Å²) in [6, 6.07) is 16.7. The first-order chi connectivity index (χ1) is 13.1. The van der Waals surface area contributed by atoms with E-state index in [9.17, 15) is 9.59 Å². The number of carbonyl (C=O) groups is 2. The van der Waals surface area contributed by atoms with Crippen molar-refractivity contribution < 1.29 is 14.3 Å². The molecule has 27 heavy (non-hydrogen) atoms. The van der Waals surface area contributed by atoms with Crippen LogP contribution in [0.25, 0.3) is 0 Å². The first-order valence-electron chi connectivity index (χ1n) is 9.36. The third kappa shape index (κ3) is 5.84. The Morgan fingerprint density at radius 1 is 1.04 bits per heavy atom. The number of likely N-dealkylation sites (N-methyl/N-ethyl adjacent to an activating group) is 1. The van der Waals surface area contributed by atoms with Gasteiger partial charge in [-0.25, -0.2) is 0 Å². The van der Waals surface area contributed by atoms with Crippen molar-refractivity contribution in [2.45, 2.75) is 39.8 Å². The van der Waals surface area contributed by atoms with Gasteiger partial charge in [0.1, 0.15) is 11.8 Å². The van der Waals surface area contributed by atoms with Gasteiger partial charge in [-0.2, -0.15) is 0 Å². The normalized spacial score (nSPS) is 11.5. The van der Waals surface area contributed by atoms with E-state index in [1.165, 1.54) is 0 Å². The maximum atomic E-state index is 13.0. The van der Waals surface area contributed by atoms with Gasteiger partial charge in [0.2, 0.25) is 5.91 Å². The monoisotopic (exact) mass is 368 g/mol. The van der Waals surface area contributed by atoms with Crippen LogP contribution in [0.15, 0.2) is 54.6 Å². The smallest absolute Gasteiger partial charge is 0.261 e. The van der Waals surface area contributed by atoms with Crippen LogP contribution >= 0.6 is 0 Å². The van der Waals surface area contributed by atoms with Crippen LogP contribution in [0.4, 0.5) is 0 Å². The number of benzene rings is 2. The number of para-hydroxylation sites is 1. The van der Waals surface area contributed by atoms with E-state index in [2.05, 4.69) is 5.32 Å². The number of nitrogens with zero attached hydrogens (tertiary/aromatic N) is 1. The quantitative estimate of drug-likeness (QED) is 0.739. The van der Waals surface area contributed by atoms with Crippen LogP contribution in [0.5, 0.6) is 5.75 Å². The van der Waals surface area contributed by atoms with Crippen molar-refractivity contribution >= 4 is 11.8 Å². The fraction of sp³-hybridized carbons (Fsp3) is 0.364. The average molecular weight is 368 g/mol. The molecule has 144 valence electrons. The third-order valence-corrected chi connectivity index (χ3v) is 4.38. The van der Waals surface area contributed by atoms with Crippen LogP contribution in [-0.2, 0) is 16.1 Å². The maximum absolute atomic E-state index is 13.0. The first kappa shape index (κ1) is 20.5. The minimum atomic E-state index is -0.530. The van der Waals surface area contributed by atoms with Crippen molar-refractivity contribution in [3.8, 4) is 5.75 Å². The number of rotatable bonds is 9. The number of aryl methyl sites for hydroxylation is 1. The molecular weight excluding hydrogens is 340 g/mol. The lowest BCUT2D eigenvalue weighted by Gasteiger charge is -2.30. The number of amides is 2. The first-order valence-corrected chi connectivity index (χ1v) is 9.36. The van der Waals surface area contributed by atoms with E-state index in [-0.39, 0.29) is 18.4 Å². The second-order valence-corrected chi connectivity index (χ2v) is 6.38. The summed E-state index contributed by atoms with van der Waals surface area (Å²) in [6.07, 6.45) is 0.536. The van der Waals surface area contributed by atoms with Crippen molar-refractivity contribution in [3.63, 3.8) is 0 Å². The Bertz CT molecular complexity index is 746. The summed E-state index contributed by atoms with van der Waals surface area (Å²) < 4.78 is 5.73. The highest BCUT2D eigenvalue weighted by Crippen LogP contribution is 2.17. The molecule has 0 saturated carbocycles. The summed E-state index contributed by atoms with van der Waals surface area (Å²) in [4.78, 5) is 27.1. The molecule has 5 heteroatoms. The fourth-order valence-corrected chi connectivity index (χ4v) is 2.93. The van der Waals surface area contributed by atoms with E-state index >= 15 is 0 Å². The van der Waals surface area contributed by atoms with Gasteiger partial charge in [-0.3, -0.25) is 9.59 Å². The Kier molecular flexibility index (Phi) is 7.86. The van der Waals surface area contributed by atoms with Crippen molar-refractivity contribution in [3.05, 3.63) is 65.7 Å². The van der Waals surface area contributed by atoms with E-state index in [0.29, 0.717) is 25.3 Å². The number of ether oxygens (including phenoxy) is 1. The molecule has 2 aromatic carbocycles. The maximum Gasteiger partial charge on any atom is 0.261 e. The molecule has 0 heterocycles. The van der Waals surface area contributed by atoms with Crippen LogP contribution in [0.2, 0.25) is 0 Å². The molecule has 0 aromatic heterocycles. The van der Waals surface area contributed by atoms with Gasteiger partial charge >= 0.3 is 0 Å². The molecule has 1 atom stereocenters. The molecule has 0 saturated heterocycles. The van der Waals surface area contributed by atoms with Crippen LogP contribution in [0, 0.1) is 6.92 Å². The van der Waals surface area contributed by atoms with E-state index in [1.54, 1.807) is 4.90 Å². The summed E-state index contributed by atoms with van der Waals surface area (Å²) in [7, 11) is 0. The molecule has 0 spiro atoms. The summed E-state index contributed by atoms with van der Waals surface area (Å²) in [5, 5.41) is 2.83. The van der Waals surface area contributed by atoms with E-state index in [4.69, 9.17) is 4.74 Å². The predicted molar refractivity (Wildman–Crippen MR) is 106 cm³/mol. The van der Waals surface area contributed by atoms with Gasteiger partial charge in [-0.15, -0.1) is 0 Å². The van der Waals surface area contributed by atoms with Gasteiger partial charge in [0, 0.05) is 13.1 Å². The van der Waals surface area contributed by atoms with E-state index in [0.717, 1.165) is 11.1 Å². The Morgan fingerprint density at radius 3 is 2.33 bits per heavy atom. The van der Waals surface area contributed by atoms with Crippen LogP contribution in [0.1, 0.15) is 31.4 Å². The number of hydrogen-bond donors (Lipinski definition) is 1. The standard InChI is InChI=1S/C22H28N2O3/c1-4-19(22(26)23-5-2)24(15-18-12-7-6-8-13-18)21(25)16-27-20-14-10-9-11-17(20)3/h6-14,19H,4-5,15-16H2,1-3H3,(H,23,26)/t19-/m1/s1. The molecule has 1 N–H and O–H groups in total. The Hall–Kier alpha value is -2.82. The number of nitrogens with one attached hydrogen (secondary N) is 1. The zero-order valence-corrected chi connectivity index (χ0v) is 16.3. The van der Waals surface area contributed by atoms with Gasteiger partial charge < -0.3 is 15.0 Å². The molecule has 0 unspecified atom stereocenters. The lowest BCUT2D eigenvalue weighted by atomic mass is 10.1. The summed E-state index contributed by atoms with van der Waals surface area (Å²) in [5.41, 5.74) is 1.94. The zero-order chi connectivity index (χ0) is 19.6. The van der Waals surface area contributed by atoms with Crippen LogP contribution in [0.3, 0.4) is 0 Å². The average Bonchev–Trinajstić information content (AvgIpc) is 2.68. The molecule has 2 rings (SSSR count). The Labute approximate surface area is 161 Å². The highest BCUT2D eigenvalue weighted by molar-refractivity contribution is 5.88. The van der Waals surface area contributed by atoms with E-state index in [1.807, 2.05) is 75.4 Å². The molecule has 0 aliphatic heterocycles. The van der Waals surface area contributed by atoms with Crippen molar-refractivity contribution in [1.82, 2.24) is 10.2 Å². The molecule has 5 nitrogen and oxygen atoms in total. The van der Waals surface area contributed by atoms with Gasteiger partial charge in [-0.05, 0) is 37.5 Å². The molecule has 2 aromatic rings. The van der Waals surface area contributed by atoms with Crippen molar-refractivity contribution in [2.24, 2.45) is 0 Å². The van der Waals surface area contributed by atoms with Crippen molar-refractivity contribution in [2.75, 3.05) is 13.2 Å². The highest BCUT2D eigenvalue weighted by atomic mass is 16.5. The van der Waals surface area contributed by atoms with Crippen molar-refractivity contribution in [1.29, 1.82) is 0 Å². The molecule has 2 amide bonds. The molecule has 0 bridgehead atoms. The minimum absolute atomic E-state index is 0.104. The van der Waals surface area contributed by atoms with E-state index < -0.39 is 6.04 Å². The Morgan fingerprint density at radius 2 is 1.70 bits per heavy atom. The minimum Gasteiger partial charge on any atom is -0.484 e. The number of hydrogen-bond acceptors (Lipinski definition) is 3. The predicted octanol–water partition coefficient (Wildman–Crippen LogP) is 3.32. The third-order valence-electron chi connectivity index (χ3n) is 4.38. The van der Waals surface area contributed by atoms with Gasteiger partial charge in [0.15, 0.2) is 6.61 Å². The molecule has 0 aliphatic carbocycles. The second kappa shape index (κ2) is 10.4. The van der Waals surface area contributed by atoms with Crippen LogP contribution < -0.4 is 10.1 Å². The topological polar surface area (TPSA) is 58.6 Å². The van der Waals surface area contributed by atoms with Gasteiger partial charge in [0.25, 0.3) is 5.91 Å². The summed E-state index contributed by atoms with van der Waals surface area (Å²) in [5.74, 6) is 0.331. The molecular formula is C22H28N2O3. The zero-order valence-electron chi connectivity index (χ0n) is 16.3. The molecule has 0 aliphatic rings. The fourth-order valence-electron chi connectivity index (χ4n) is 2.93. The summed E-state index contributed by atoms with van der Waals surface area (Å²) in [6.45, 7) is 6.51. The van der Waals surface area contributed by atoms with Gasteiger partial charge in [-0.1, -0.05) is 55.5 Å². The lowest BCUT2D eigenvalue weighted by Crippen LogP contribution is -2.50. The lowest BCUT2D eigenvalue weighted by molar-refractivity contribution is -0.142. The number of carbonyl (C=O) groups excluding carboxylic acids is 2. The second-order valence-electron chi connectivity index (χ2n) is 6.38. The van der Waals surface area contributed by atoms with Crippen LogP contribution in [-0.4, -0.2) is 35.9 Å². The Balaban J connectivity index is 2.17. The molecule has 0 radical (unpaired) electrons. The SMILES string of the molecule is CCNC(=O)[C@@H](CC)N(Cc1ccccc1)C(=O)COc1ccccc1C. The summed E-state index contributed by atoms with van der Waals surface area (Å²) >= 11 is 0.